The molecular formula is C18H20O4. The van der Waals surface area contributed by atoms with Gasteiger partial charge in [-0.2, -0.15) is 0 Å². The zero-order chi connectivity index (χ0) is 15.5. The molecule has 0 aromatic heterocycles. The zero-order valence-corrected chi connectivity index (χ0v) is 13.1. The molecule has 2 aromatic carbocycles. The molecule has 1 heterocycles. The minimum Gasteiger partial charge on any atom is -0.497 e. The first kappa shape index (κ1) is 14.6. The van der Waals surface area contributed by atoms with Crippen LogP contribution < -0.4 is 18.9 Å². The van der Waals surface area contributed by atoms with Gasteiger partial charge in [-0.05, 0) is 37.6 Å². The monoisotopic (exact) mass is 300 g/mol. The van der Waals surface area contributed by atoms with Crippen molar-refractivity contribution >= 4 is 0 Å². The molecule has 2 aromatic rings. The Morgan fingerprint density at radius 2 is 1.73 bits per heavy atom. The molecule has 1 aliphatic heterocycles. The summed E-state index contributed by atoms with van der Waals surface area (Å²) < 4.78 is 22.0. The van der Waals surface area contributed by atoms with Gasteiger partial charge in [0.1, 0.15) is 11.5 Å². The predicted molar refractivity (Wildman–Crippen MR) is 84.1 cm³/mol. The van der Waals surface area contributed by atoms with Crippen LogP contribution in [0.5, 0.6) is 23.0 Å². The van der Waals surface area contributed by atoms with Crippen molar-refractivity contribution in [3.05, 3.63) is 47.5 Å². The molecular weight excluding hydrogens is 280 g/mol. The number of benzene rings is 2. The third-order valence-electron chi connectivity index (χ3n) is 3.47. The summed E-state index contributed by atoms with van der Waals surface area (Å²) in [6, 6.07) is 12.0. The van der Waals surface area contributed by atoms with Gasteiger partial charge in [-0.1, -0.05) is 12.1 Å². The molecule has 0 unspecified atom stereocenters. The number of hydrogen-bond donors (Lipinski definition) is 0. The largest absolute Gasteiger partial charge is 0.497 e. The number of methoxy groups -OCH3 is 1. The first-order valence-electron chi connectivity index (χ1n) is 7.38. The van der Waals surface area contributed by atoms with E-state index in [0.717, 1.165) is 35.0 Å². The van der Waals surface area contributed by atoms with Crippen LogP contribution in [0.4, 0.5) is 0 Å². The molecule has 1 aliphatic rings. The molecule has 0 atom stereocenters. The van der Waals surface area contributed by atoms with Crippen LogP contribution in [0.1, 0.15) is 25.0 Å². The van der Waals surface area contributed by atoms with Crippen molar-refractivity contribution in [2.45, 2.75) is 26.4 Å². The molecule has 3 rings (SSSR count). The molecule has 0 saturated carbocycles. The van der Waals surface area contributed by atoms with Crippen LogP contribution in [0, 0.1) is 0 Å². The van der Waals surface area contributed by atoms with Gasteiger partial charge >= 0.3 is 0 Å². The number of rotatable bonds is 5. The Hall–Kier alpha value is -2.36. The van der Waals surface area contributed by atoms with E-state index in [-0.39, 0.29) is 12.9 Å². The van der Waals surface area contributed by atoms with Crippen molar-refractivity contribution < 1.29 is 18.9 Å². The summed E-state index contributed by atoms with van der Waals surface area (Å²) in [5.74, 6) is 3.22. The average molecular weight is 300 g/mol. The van der Waals surface area contributed by atoms with E-state index >= 15 is 0 Å². The second-order valence-electron chi connectivity index (χ2n) is 5.50. The summed E-state index contributed by atoms with van der Waals surface area (Å²) in [6.45, 7) is 4.30. The fraction of sp³-hybridized carbons (Fsp3) is 0.333. The minimum atomic E-state index is 0.106. The van der Waals surface area contributed by atoms with E-state index in [2.05, 4.69) is 12.1 Å². The Morgan fingerprint density at radius 3 is 2.36 bits per heavy atom. The summed E-state index contributed by atoms with van der Waals surface area (Å²) >= 11 is 0. The Kier molecular flexibility index (Phi) is 4.09. The van der Waals surface area contributed by atoms with E-state index in [4.69, 9.17) is 18.9 Å². The van der Waals surface area contributed by atoms with Gasteiger partial charge in [-0.3, -0.25) is 0 Å². The highest BCUT2D eigenvalue weighted by molar-refractivity contribution is 5.53. The molecule has 4 heteroatoms. The maximum atomic E-state index is 5.93. The first-order valence-corrected chi connectivity index (χ1v) is 7.38. The molecule has 4 nitrogen and oxygen atoms in total. The zero-order valence-electron chi connectivity index (χ0n) is 13.1. The summed E-state index contributed by atoms with van der Waals surface area (Å²) in [7, 11) is 1.67. The summed E-state index contributed by atoms with van der Waals surface area (Å²) in [4.78, 5) is 0. The molecule has 0 saturated heterocycles. The SMILES string of the molecule is COc1ccc(Cc2cc3c(cc2OC(C)C)OCO3)cc1. The second-order valence-corrected chi connectivity index (χ2v) is 5.50. The highest BCUT2D eigenvalue weighted by Crippen LogP contribution is 2.39. The number of hydrogen-bond acceptors (Lipinski definition) is 4. The van der Waals surface area contributed by atoms with Gasteiger partial charge in [0.15, 0.2) is 11.5 Å². The van der Waals surface area contributed by atoms with Gasteiger partial charge in [-0.25, -0.2) is 0 Å². The molecule has 0 aliphatic carbocycles. The normalized spacial score (nSPS) is 12.5. The number of ether oxygens (including phenoxy) is 4. The first-order chi connectivity index (χ1) is 10.7. The van der Waals surface area contributed by atoms with Gasteiger partial charge < -0.3 is 18.9 Å². The fourth-order valence-corrected chi connectivity index (χ4v) is 2.43. The lowest BCUT2D eigenvalue weighted by atomic mass is 10.0. The minimum absolute atomic E-state index is 0.106. The van der Waals surface area contributed by atoms with E-state index in [9.17, 15) is 0 Å². The van der Waals surface area contributed by atoms with Crippen LogP contribution in [0.2, 0.25) is 0 Å². The Labute approximate surface area is 130 Å². The highest BCUT2D eigenvalue weighted by atomic mass is 16.7. The van der Waals surface area contributed by atoms with Gasteiger partial charge in [0.25, 0.3) is 0 Å². The standard InChI is InChI=1S/C18H20O4/c1-12(2)22-16-10-18-17(20-11-21-18)9-14(16)8-13-4-6-15(19-3)7-5-13/h4-7,9-10,12H,8,11H2,1-3H3. The average Bonchev–Trinajstić information content (AvgIpc) is 2.95. The van der Waals surface area contributed by atoms with Gasteiger partial charge in [-0.15, -0.1) is 0 Å². The molecule has 0 fully saturated rings. The maximum Gasteiger partial charge on any atom is 0.231 e. The van der Waals surface area contributed by atoms with Crippen molar-refractivity contribution in [1.82, 2.24) is 0 Å². The lowest BCUT2D eigenvalue weighted by Crippen LogP contribution is -2.07. The van der Waals surface area contributed by atoms with E-state index in [1.54, 1.807) is 7.11 Å². The topological polar surface area (TPSA) is 36.9 Å². The van der Waals surface area contributed by atoms with Crippen LogP contribution in [-0.4, -0.2) is 20.0 Å². The molecule has 22 heavy (non-hydrogen) atoms. The molecule has 0 radical (unpaired) electrons. The smallest absolute Gasteiger partial charge is 0.231 e. The highest BCUT2D eigenvalue weighted by Gasteiger charge is 2.19. The van der Waals surface area contributed by atoms with Gasteiger partial charge in [0, 0.05) is 18.1 Å². The fourth-order valence-electron chi connectivity index (χ4n) is 2.43. The van der Waals surface area contributed by atoms with Gasteiger partial charge in [0.05, 0.1) is 13.2 Å². The third-order valence-corrected chi connectivity index (χ3v) is 3.47. The maximum absolute atomic E-state index is 5.93. The van der Waals surface area contributed by atoms with Crippen molar-refractivity contribution in [2.24, 2.45) is 0 Å². The molecule has 0 bridgehead atoms. The van der Waals surface area contributed by atoms with Crippen LogP contribution >= 0.6 is 0 Å². The second kappa shape index (κ2) is 6.18. The lowest BCUT2D eigenvalue weighted by molar-refractivity contribution is 0.173. The molecule has 0 N–H and O–H groups in total. The Morgan fingerprint density at radius 1 is 1.05 bits per heavy atom. The molecule has 116 valence electrons. The number of fused-ring (bicyclic) bond motifs is 1. The van der Waals surface area contributed by atoms with Crippen LogP contribution in [0.3, 0.4) is 0 Å². The van der Waals surface area contributed by atoms with Crippen LogP contribution in [-0.2, 0) is 6.42 Å². The third kappa shape index (κ3) is 3.11. The van der Waals surface area contributed by atoms with E-state index in [0.29, 0.717) is 0 Å². The lowest BCUT2D eigenvalue weighted by Gasteiger charge is -2.15. The van der Waals surface area contributed by atoms with E-state index in [1.165, 1.54) is 5.56 Å². The van der Waals surface area contributed by atoms with Crippen molar-refractivity contribution in [2.75, 3.05) is 13.9 Å². The Bertz CT molecular complexity index is 647. The summed E-state index contributed by atoms with van der Waals surface area (Å²) in [5.41, 5.74) is 2.27. The van der Waals surface area contributed by atoms with E-state index < -0.39 is 0 Å². The molecule has 0 spiro atoms. The van der Waals surface area contributed by atoms with Crippen LogP contribution in [0.25, 0.3) is 0 Å². The predicted octanol–water partition coefficient (Wildman–Crippen LogP) is 3.80. The van der Waals surface area contributed by atoms with Crippen molar-refractivity contribution in [3.63, 3.8) is 0 Å². The van der Waals surface area contributed by atoms with E-state index in [1.807, 2.05) is 38.1 Å². The van der Waals surface area contributed by atoms with Gasteiger partial charge in [0.2, 0.25) is 6.79 Å². The molecule has 0 amide bonds. The summed E-state index contributed by atoms with van der Waals surface area (Å²) in [6.07, 6.45) is 0.873. The van der Waals surface area contributed by atoms with Crippen molar-refractivity contribution in [3.8, 4) is 23.0 Å². The van der Waals surface area contributed by atoms with Crippen molar-refractivity contribution in [1.29, 1.82) is 0 Å². The summed E-state index contributed by atoms with van der Waals surface area (Å²) in [5, 5.41) is 0. The Balaban J connectivity index is 1.90. The quantitative estimate of drug-likeness (QED) is 0.841. The van der Waals surface area contributed by atoms with Crippen LogP contribution in [0.15, 0.2) is 36.4 Å².